The van der Waals surface area contributed by atoms with Gasteiger partial charge in [-0.2, -0.15) is 4.98 Å². The number of hydrogen-bond donors (Lipinski definition) is 0. The smallest absolute Gasteiger partial charge is 0.254 e. The Morgan fingerprint density at radius 3 is 2.72 bits per heavy atom. The molecule has 0 N–H and O–H groups in total. The van der Waals surface area contributed by atoms with Crippen molar-refractivity contribution in [2.45, 2.75) is 26.4 Å². The highest BCUT2D eigenvalue weighted by atomic mass is 16.5. The molecule has 2 aliphatic rings. The zero-order valence-corrected chi connectivity index (χ0v) is 14.2. The van der Waals surface area contributed by atoms with Crippen molar-refractivity contribution in [2.24, 2.45) is 11.8 Å². The fraction of sp³-hybridized carbons (Fsp3) is 0.421. The van der Waals surface area contributed by atoms with E-state index in [9.17, 15) is 4.79 Å². The van der Waals surface area contributed by atoms with Crippen LogP contribution in [0.1, 0.15) is 34.9 Å². The molecule has 1 amide bonds. The lowest BCUT2D eigenvalue weighted by Crippen LogP contribution is -2.29. The predicted octanol–water partition coefficient (Wildman–Crippen LogP) is 3.00. The number of amides is 1. The molecular weight excluding hydrogens is 318 g/mol. The number of benzene rings is 1. The van der Waals surface area contributed by atoms with Crippen LogP contribution < -0.4 is 4.74 Å². The second-order valence-corrected chi connectivity index (χ2v) is 6.72. The molecule has 0 unspecified atom stereocenters. The first-order valence-electron chi connectivity index (χ1n) is 8.65. The lowest BCUT2D eigenvalue weighted by Gasteiger charge is -2.17. The van der Waals surface area contributed by atoms with E-state index in [1.54, 1.807) is 13.0 Å². The maximum absolute atomic E-state index is 12.8. The van der Waals surface area contributed by atoms with Gasteiger partial charge in [-0.15, -0.1) is 0 Å². The minimum absolute atomic E-state index is 0.0789. The Hall–Kier alpha value is -2.63. The highest BCUT2D eigenvalue weighted by Crippen LogP contribution is 2.33. The van der Waals surface area contributed by atoms with Gasteiger partial charge >= 0.3 is 0 Å². The number of ether oxygens (including phenoxy) is 1. The molecule has 4 rings (SSSR count). The van der Waals surface area contributed by atoms with Crippen molar-refractivity contribution in [1.82, 2.24) is 15.0 Å². The molecule has 1 saturated heterocycles. The molecule has 2 atom stereocenters. The number of rotatable bonds is 4. The quantitative estimate of drug-likeness (QED) is 0.801. The Labute approximate surface area is 146 Å². The molecule has 1 aliphatic heterocycles. The van der Waals surface area contributed by atoms with Gasteiger partial charge in [-0.3, -0.25) is 4.79 Å². The van der Waals surface area contributed by atoms with Crippen LogP contribution in [-0.2, 0) is 6.61 Å². The van der Waals surface area contributed by atoms with E-state index < -0.39 is 0 Å². The Balaban J connectivity index is 1.41. The van der Waals surface area contributed by atoms with Gasteiger partial charge in [-0.25, -0.2) is 0 Å². The average molecular weight is 339 g/mol. The Morgan fingerprint density at radius 2 is 2.04 bits per heavy atom. The Bertz CT molecular complexity index is 783. The van der Waals surface area contributed by atoms with Crippen molar-refractivity contribution in [3.63, 3.8) is 0 Å². The minimum Gasteiger partial charge on any atom is -0.485 e. The van der Waals surface area contributed by atoms with E-state index in [4.69, 9.17) is 9.26 Å². The van der Waals surface area contributed by atoms with Gasteiger partial charge in [0.2, 0.25) is 11.7 Å². The fourth-order valence-corrected chi connectivity index (χ4v) is 3.63. The number of aromatic nitrogens is 2. The molecule has 6 heteroatoms. The van der Waals surface area contributed by atoms with E-state index in [2.05, 4.69) is 22.3 Å². The summed E-state index contributed by atoms with van der Waals surface area (Å²) in [6, 6.07) is 7.30. The topological polar surface area (TPSA) is 68.5 Å². The molecule has 2 aromatic rings. The van der Waals surface area contributed by atoms with Crippen LogP contribution in [0.3, 0.4) is 0 Å². The summed E-state index contributed by atoms with van der Waals surface area (Å²) in [4.78, 5) is 18.9. The third-order valence-electron chi connectivity index (χ3n) is 4.93. The van der Waals surface area contributed by atoms with Gasteiger partial charge in [0.1, 0.15) is 5.75 Å². The second kappa shape index (κ2) is 6.70. The number of nitrogens with zero attached hydrogens (tertiary/aromatic N) is 3. The number of allylic oxidation sites excluding steroid dienone is 2. The highest BCUT2D eigenvalue weighted by molar-refractivity contribution is 5.94. The minimum atomic E-state index is 0.0789. The van der Waals surface area contributed by atoms with Crippen molar-refractivity contribution < 1.29 is 14.1 Å². The zero-order chi connectivity index (χ0) is 17.2. The molecule has 1 aromatic carbocycles. The summed E-state index contributed by atoms with van der Waals surface area (Å²) in [5.41, 5.74) is 0.661. The third-order valence-corrected chi connectivity index (χ3v) is 4.93. The van der Waals surface area contributed by atoms with Crippen LogP contribution in [0.2, 0.25) is 0 Å². The van der Waals surface area contributed by atoms with Crippen LogP contribution in [-0.4, -0.2) is 34.0 Å². The standard InChI is InChI=1S/C19H21N3O3/c1-13-20-18(21-25-13)12-24-17-8-4-7-14(9-17)19(23)22-10-15-5-2-3-6-16(15)11-22/h2-4,7-9,15-16H,5-6,10-12H2,1H3/t15-,16-/m1/s1. The predicted molar refractivity (Wildman–Crippen MR) is 91.1 cm³/mol. The lowest BCUT2D eigenvalue weighted by atomic mass is 9.86. The van der Waals surface area contributed by atoms with Crippen LogP contribution in [0.4, 0.5) is 0 Å². The number of fused-ring (bicyclic) bond motifs is 1. The van der Waals surface area contributed by atoms with E-state index in [1.165, 1.54) is 0 Å². The van der Waals surface area contributed by atoms with E-state index in [1.807, 2.05) is 23.1 Å². The summed E-state index contributed by atoms with van der Waals surface area (Å²) in [5, 5.41) is 3.80. The van der Waals surface area contributed by atoms with Crippen molar-refractivity contribution in [3.05, 3.63) is 53.7 Å². The number of likely N-dealkylation sites (tertiary alicyclic amines) is 1. The first-order chi connectivity index (χ1) is 12.2. The van der Waals surface area contributed by atoms with Crippen LogP contribution in [0.25, 0.3) is 0 Å². The molecule has 0 radical (unpaired) electrons. The largest absolute Gasteiger partial charge is 0.485 e. The molecule has 25 heavy (non-hydrogen) atoms. The molecule has 0 bridgehead atoms. The van der Waals surface area contributed by atoms with E-state index >= 15 is 0 Å². The number of carbonyl (C=O) groups excluding carboxylic acids is 1. The van der Waals surface area contributed by atoms with Crippen molar-refractivity contribution in [2.75, 3.05) is 13.1 Å². The molecule has 1 aliphatic carbocycles. The van der Waals surface area contributed by atoms with E-state index in [0.717, 1.165) is 25.9 Å². The van der Waals surface area contributed by atoms with Crippen LogP contribution >= 0.6 is 0 Å². The van der Waals surface area contributed by atoms with Crippen LogP contribution in [0.15, 0.2) is 40.9 Å². The van der Waals surface area contributed by atoms with Gasteiger partial charge in [-0.05, 0) is 42.9 Å². The summed E-state index contributed by atoms with van der Waals surface area (Å²) in [6.45, 7) is 3.65. The van der Waals surface area contributed by atoms with Gasteiger partial charge in [0, 0.05) is 25.6 Å². The monoisotopic (exact) mass is 339 g/mol. The number of carbonyl (C=O) groups is 1. The summed E-state index contributed by atoms with van der Waals surface area (Å²) >= 11 is 0. The van der Waals surface area contributed by atoms with Gasteiger partial charge in [0.25, 0.3) is 5.91 Å². The van der Waals surface area contributed by atoms with Crippen molar-refractivity contribution >= 4 is 5.91 Å². The molecule has 130 valence electrons. The third kappa shape index (κ3) is 3.43. The summed E-state index contributed by atoms with van der Waals surface area (Å²) in [5.74, 6) is 2.92. The normalized spacial score (nSPS) is 22.0. The van der Waals surface area contributed by atoms with E-state index in [0.29, 0.717) is 34.9 Å². The first-order valence-corrected chi connectivity index (χ1v) is 8.65. The lowest BCUT2D eigenvalue weighted by molar-refractivity contribution is 0.0783. The molecule has 1 fully saturated rings. The second-order valence-electron chi connectivity index (χ2n) is 6.72. The van der Waals surface area contributed by atoms with Crippen molar-refractivity contribution in [1.29, 1.82) is 0 Å². The van der Waals surface area contributed by atoms with E-state index in [-0.39, 0.29) is 12.5 Å². The van der Waals surface area contributed by atoms with Gasteiger partial charge in [0.05, 0.1) is 0 Å². The molecule has 6 nitrogen and oxygen atoms in total. The summed E-state index contributed by atoms with van der Waals surface area (Å²) < 4.78 is 10.6. The summed E-state index contributed by atoms with van der Waals surface area (Å²) in [6.07, 6.45) is 6.65. The maximum atomic E-state index is 12.8. The van der Waals surface area contributed by atoms with Gasteiger partial charge < -0.3 is 14.2 Å². The highest BCUT2D eigenvalue weighted by Gasteiger charge is 2.35. The van der Waals surface area contributed by atoms with Gasteiger partial charge in [-0.1, -0.05) is 23.4 Å². The number of hydrogen-bond acceptors (Lipinski definition) is 5. The molecule has 1 aromatic heterocycles. The average Bonchev–Trinajstić information content (AvgIpc) is 3.25. The SMILES string of the molecule is Cc1nc(COc2cccc(C(=O)N3C[C@H]4CC=CC[C@@H]4C3)c2)no1. The Kier molecular flexibility index (Phi) is 4.26. The van der Waals surface area contributed by atoms with Crippen LogP contribution in [0, 0.1) is 18.8 Å². The fourth-order valence-electron chi connectivity index (χ4n) is 3.63. The number of aryl methyl sites for hydroxylation is 1. The first kappa shape index (κ1) is 15.9. The Morgan fingerprint density at radius 1 is 1.28 bits per heavy atom. The summed E-state index contributed by atoms with van der Waals surface area (Å²) in [7, 11) is 0. The molecule has 0 spiro atoms. The molecule has 0 saturated carbocycles. The van der Waals surface area contributed by atoms with Gasteiger partial charge in [0.15, 0.2) is 6.61 Å². The maximum Gasteiger partial charge on any atom is 0.254 e. The zero-order valence-electron chi connectivity index (χ0n) is 14.2. The molecular formula is C19H21N3O3. The molecule has 2 heterocycles. The van der Waals surface area contributed by atoms with Crippen LogP contribution in [0.5, 0.6) is 5.75 Å². The van der Waals surface area contributed by atoms with Crippen molar-refractivity contribution in [3.8, 4) is 5.75 Å².